The molecule has 2 fully saturated rings. The van der Waals surface area contributed by atoms with E-state index in [1.54, 1.807) is 0 Å². The first kappa shape index (κ1) is 13.4. The molecule has 2 aliphatic rings. The van der Waals surface area contributed by atoms with Crippen molar-refractivity contribution in [2.45, 2.75) is 82.8 Å². The summed E-state index contributed by atoms with van der Waals surface area (Å²) in [5.74, 6) is 0.594. The minimum absolute atomic E-state index is 0.00145. The third-order valence-electron chi connectivity index (χ3n) is 4.66. The van der Waals surface area contributed by atoms with Crippen molar-refractivity contribution < 1.29 is 5.11 Å². The SMILES string of the molecule is OC1CCCCC1CCCNC1CCCCC1. The topological polar surface area (TPSA) is 32.3 Å². The zero-order valence-corrected chi connectivity index (χ0v) is 11.2. The van der Waals surface area contributed by atoms with E-state index in [-0.39, 0.29) is 6.10 Å². The van der Waals surface area contributed by atoms with E-state index >= 15 is 0 Å². The summed E-state index contributed by atoms with van der Waals surface area (Å²) in [5, 5.41) is 13.6. The van der Waals surface area contributed by atoms with Gasteiger partial charge in [-0.1, -0.05) is 32.1 Å². The Morgan fingerprint density at radius 1 is 0.882 bits per heavy atom. The molecule has 2 aliphatic carbocycles. The number of nitrogens with one attached hydrogen (secondary N) is 1. The quantitative estimate of drug-likeness (QED) is 0.722. The summed E-state index contributed by atoms with van der Waals surface area (Å²) < 4.78 is 0. The molecule has 0 radical (unpaired) electrons. The molecule has 2 rings (SSSR count). The molecule has 0 aromatic heterocycles. The highest BCUT2D eigenvalue weighted by Gasteiger charge is 2.22. The smallest absolute Gasteiger partial charge is 0.0568 e. The van der Waals surface area contributed by atoms with Gasteiger partial charge in [0.1, 0.15) is 0 Å². The summed E-state index contributed by atoms with van der Waals surface area (Å²) in [6.45, 7) is 1.16. The van der Waals surface area contributed by atoms with E-state index in [4.69, 9.17) is 0 Å². The fourth-order valence-corrected chi connectivity index (χ4v) is 3.50. The van der Waals surface area contributed by atoms with Crippen LogP contribution in [-0.4, -0.2) is 23.8 Å². The van der Waals surface area contributed by atoms with Crippen molar-refractivity contribution in [3.05, 3.63) is 0 Å². The maximum Gasteiger partial charge on any atom is 0.0568 e. The van der Waals surface area contributed by atoms with Gasteiger partial charge in [0.25, 0.3) is 0 Å². The molecular weight excluding hydrogens is 210 g/mol. The third kappa shape index (κ3) is 4.59. The zero-order chi connectivity index (χ0) is 11.9. The van der Waals surface area contributed by atoms with E-state index in [1.165, 1.54) is 64.2 Å². The standard InChI is InChI=1S/C15H29NO/c17-15-11-5-4-7-13(15)8-6-12-16-14-9-2-1-3-10-14/h13-17H,1-12H2. The van der Waals surface area contributed by atoms with Gasteiger partial charge >= 0.3 is 0 Å². The van der Waals surface area contributed by atoms with E-state index in [2.05, 4.69) is 5.32 Å². The Morgan fingerprint density at radius 2 is 1.59 bits per heavy atom. The Labute approximate surface area is 106 Å². The average Bonchev–Trinajstić information content (AvgIpc) is 2.38. The van der Waals surface area contributed by atoms with Crippen LogP contribution < -0.4 is 5.32 Å². The van der Waals surface area contributed by atoms with Crippen LogP contribution in [0.15, 0.2) is 0 Å². The average molecular weight is 239 g/mol. The molecule has 0 bridgehead atoms. The lowest BCUT2D eigenvalue weighted by Crippen LogP contribution is -2.32. The number of hydrogen-bond acceptors (Lipinski definition) is 2. The first-order valence-electron chi connectivity index (χ1n) is 7.78. The van der Waals surface area contributed by atoms with Gasteiger partial charge in [-0.2, -0.15) is 0 Å². The second-order valence-electron chi connectivity index (χ2n) is 6.04. The summed E-state index contributed by atoms with van der Waals surface area (Å²) in [6, 6.07) is 0.792. The highest BCUT2D eigenvalue weighted by atomic mass is 16.3. The minimum Gasteiger partial charge on any atom is -0.393 e. The second kappa shape index (κ2) is 7.38. The molecule has 2 nitrogen and oxygen atoms in total. The molecule has 2 atom stereocenters. The molecule has 0 aromatic carbocycles. The van der Waals surface area contributed by atoms with Crippen LogP contribution in [-0.2, 0) is 0 Å². The van der Waals surface area contributed by atoms with E-state index < -0.39 is 0 Å². The fraction of sp³-hybridized carbons (Fsp3) is 1.00. The summed E-state index contributed by atoms with van der Waals surface area (Å²) >= 11 is 0. The van der Waals surface area contributed by atoms with Gasteiger partial charge in [-0.05, 0) is 51.0 Å². The zero-order valence-electron chi connectivity index (χ0n) is 11.2. The lowest BCUT2D eigenvalue weighted by atomic mass is 9.83. The Balaban J connectivity index is 1.53. The number of rotatable bonds is 5. The first-order chi connectivity index (χ1) is 8.36. The summed E-state index contributed by atoms with van der Waals surface area (Å²) in [7, 11) is 0. The number of aliphatic hydroxyl groups is 1. The molecule has 0 spiro atoms. The van der Waals surface area contributed by atoms with E-state index in [1.807, 2.05) is 0 Å². The molecule has 2 saturated carbocycles. The van der Waals surface area contributed by atoms with Gasteiger partial charge in [-0.3, -0.25) is 0 Å². The van der Waals surface area contributed by atoms with Gasteiger partial charge in [0.2, 0.25) is 0 Å². The molecule has 0 heterocycles. The molecule has 2 N–H and O–H groups in total. The summed E-state index contributed by atoms with van der Waals surface area (Å²) in [6.07, 6.45) is 14.4. The van der Waals surface area contributed by atoms with Crippen molar-refractivity contribution in [1.29, 1.82) is 0 Å². The molecular formula is C15H29NO. The Morgan fingerprint density at radius 3 is 2.35 bits per heavy atom. The van der Waals surface area contributed by atoms with Crippen LogP contribution in [0, 0.1) is 5.92 Å². The molecule has 2 heteroatoms. The van der Waals surface area contributed by atoms with Crippen LogP contribution in [0.1, 0.15) is 70.6 Å². The maximum atomic E-state index is 9.90. The molecule has 2 unspecified atom stereocenters. The van der Waals surface area contributed by atoms with E-state index in [9.17, 15) is 5.11 Å². The summed E-state index contributed by atoms with van der Waals surface area (Å²) in [4.78, 5) is 0. The van der Waals surface area contributed by atoms with Crippen LogP contribution in [0.5, 0.6) is 0 Å². The Kier molecular flexibility index (Phi) is 5.79. The number of hydrogen-bond donors (Lipinski definition) is 2. The number of aliphatic hydroxyl groups excluding tert-OH is 1. The van der Waals surface area contributed by atoms with Gasteiger partial charge in [-0.25, -0.2) is 0 Å². The van der Waals surface area contributed by atoms with Crippen molar-refractivity contribution in [1.82, 2.24) is 5.32 Å². The van der Waals surface area contributed by atoms with Crippen LogP contribution in [0.4, 0.5) is 0 Å². The predicted molar refractivity (Wildman–Crippen MR) is 72.1 cm³/mol. The second-order valence-corrected chi connectivity index (χ2v) is 6.04. The van der Waals surface area contributed by atoms with Crippen LogP contribution in [0.3, 0.4) is 0 Å². The van der Waals surface area contributed by atoms with Crippen molar-refractivity contribution in [3.8, 4) is 0 Å². The van der Waals surface area contributed by atoms with E-state index in [0.717, 1.165) is 19.0 Å². The Hall–Kier alpha value is -0.0800. The fourth-order valence-electron chi connectivity index (χ4n) is 3.50. The molecule has 0 aromatic rings. The largest absolute Gasteiger partial charge is 0.393 e. The van der Waals surface area contributed by atoms with Gasteiger partial charge in [-0.15, -0.1) is 0 Å². The van der Waals surface area contributed by atoms with Crippen LogP contribution in [0.25, 0.3) is 0 Å². The van der Waals surface area contributed by atoms with Gasteiger partial charge < -0.3 is 10.4 Å². The van der Waals surface area contributed by atoms with Crippen molar-refractivity contribution in [3.63, 3.8) is 0 Å². The molecule has 100 valence electrons. The molecule has 0 aliphatic heterocycles. The van der Waals surface area contributed by atoms with Gasteiger partial charge in [0.15, 0.2) is 0 Å². The lowest BCUT2D eigenvalue weighted by Gasteiger charge is -2.28. The Bertz CT molecular complexity index is 201. The maximum absolute atomic E-state index is 9.90. The summed E-state index contributed by atoms with van der Waals surface area (Å²) in [5.41, 5.74) is 0. The molecule has 0 saturated heterocycles. The monoisotopic (exact) mass is 239 g/mol. The van der Waals surface area contributed by atoms with Crippen LogP contribution >= 0.6 is 0 Å². The van der Waals surface area contributed by atoms with Gasteiger partial charge in [0, 0.05) is 6.04 Å². The molecule has 0 amide bonds. The van der Waals surface area contributed by atoms with E-state index in [0.29, 0.717) is 5.92 Å². The van der Waals surface area contributed by atoms with Crippen molar-refractivity contribution in [2.75, 3.05) is 6.54 Å². The van der Waals surface area contributed by atoms with Crippen molar-refractivity contribution >= 4 is 0 Å². The highest BCUT2D eigenvalue weighted by Crippen LogP contribution is 2.27. The van der Waals surface area contributed by atoms with Crippen LogP contribution in [0.2, 0.25) is 0 Å². The minimum atomic E-state index is -0.00145. The normalized spacial score (nSPS) is 31.6. The third-order valence-corrected chi connectivity index (χ3v) is 4.66. The molecule has 17 heavy (non-hydrogen) atoms. The first-order valence-corrected chi connectivity index (χ1v) is 7.78. The predicted octanol–water partition coefficient (Wildman–Crippen LogP) is 3.24. The van der Waals surface area contributed by atoms with Crippen molar-refractivity contribution in [2.24, 2.45) is 5.92 Å². The van der Waals surface area contributed by atoms with Gasteiger partial charge in [0.05, 0.1) is 6.10 Å². The lowest BCUT2D eigenvalue weighted by molar-refractivity contribution is 0.0641. The highest BCUT2D eigenvalue weighted by molar-refractivity contribution is 4.76.